The van der Waals surface area contributed by atoms with Crippen molar-refractivity contribution in [3.8, 4) is 11.1 Å². The highest BCUT2D eigenvalue weighted by atomic mass is 15.2. The number of aryl methyl sites for hydroxylation is 1. The summed E-state index contributed by atoms with van der Waals surface area (Å²) >= 11 is 0. The van der Waals surface area contributed by atoms with Gasteiger partial charge in [0.15, 0.2) is 0 Å². The van der Waals surface area contributed by atoms with Crippen LogP contribution in [0.3, 0.4) is 0 Å². The van der Waals surface area contributed by atoms with E-state index in [1.165, 1.54) is 11.1 Å². The van der Waals surface area contributed by atoms with Gasteiger partial charge in [-0.05, 0) is 35.4 Å². The molecule has 3 rings (SSSR count). The number of fused-ring (bicyclic) bond motifs is 1. The van der Waals surface area contributed by atoms with Crippen molar-refractivity contribution in [2.75, 3.05) is 0 Å². The molecule has 16 heavy (non-hydrogen) atoms. The van der Waals surface area contributed by atoms with Gasteiger partial charge in [-0.2, -0.15) is 5.10 Å². The molecule has 78 valence electrons. The third kappa shape index (κ3) is 1.46. The van der Waals surface area contributed by atoms with E-state index in [0.717, 1.165) is 10.9 Å². The molecule has 0 bridgehead atoms. The first kappa shape index (κ1) is 9.09. The summed E-state index contributed by atoms with van der Waals surface area (Å²) in [4.78, 5) is 4.02. The van der Waals surface area contributed by atoms with E-state index < -0.39 is 0 Å². The molecule has 0 fully saturated rings. The third-order valence-electron chi connectivity index (χ3n) is 2.63. The smallest absolute Gasteiger partial charge is 0.0923 e. The lowest BCUT2D eigenvalue weighted by molar-refractivity contribution is 0.780. The van der Waals surface area contributed by atoms with Gasteiger partial charge in [0.05, 0.1) is 5.52 Å². The van der Waals surface area contributed by atoms with Crippen LogP contribution < -0.4 is 0 Å². The number of benzene rings is 1. The third-order valence-corrected chi connectivity index (χ3v) is 2.63. The molecule has 3 nitrogen and oxygen atoms in total. The lowest BCUT2D eigenvalue weighted by atomic mass is 10.1. The molecule has 0 aliphatic heterocycles. The van der Waals surface area contributed by atoms with Crippen LogP contribution in [0.15, 0.2) is 48.9 Å². The highest BCUT2D eigenvalue weighted by molar-refractivity contribution is 5.84. The fourth-order valence-corrected chi connectivity index (χ4v) is 1.87. The Morgan fingerprint density at radius 1 is 1.00 bits per heavy atom. The van der Waals surface area contributed by atoms with E-state index in [9.17, 15) is 0 Å². The summed E-state index contributed by atoms with van der Waals surface area (Å²) < 4.78 is 1.83. The lowest BCUT2D eigenvalue weighted by Gasteiger charge is -1.99. The first-order valence-corrected chi connectivity index (χ1v) is 5.17. The molecule has 0 atom stereocenters. The van der Waals surface area contributed by atoms with Crippen LogP contribution in [0.5, 0.6) is 0 Å². The summed E-state index contributed by atoms with van der Waals surface area (Å²) in [6.45, 7) is 0. The topological polar surface area (TPSA) is 30.7 Å². The second-order valence-electron chi connectivity index (χ2n) is 3.81. The van der Waals surface area contributed by atoms with Crippen molar-refractivity contribution >= 4 is 10.9 Å². The first-order valence-electron chi connectivity index (χ1n) is 5.17. The number of hydrogen-bond acceptors (Lipinski definition) is 2. The summed E-state index contributed by atoms with van der Waals surface area (Å²) in [5.41, 5.74) is 3.41. The standard InChI is InChI=1S/C13H11N3/c1-16-9-12-8-11(2-3-13(12)15-16)10-4-6-14-7-5-10/h2-9H,1H3. The molecular weight excluding hydrogens is 198 g/mol. The van der Waals surface area contributed by atoms with Crippen LogP contribution in [0.4, 0.5) is 0 Å². The second-order valence-corrected chi connectivity index (χ2v) is 3.81. The van der Waals surface area contributed by atoms with Gasteiger partial charge >= 0.3 is 0 Å². The molecule has 0 spiro atoms. The van der Waals surface area contributed by atoms with Crippen molar-refractivity contribution in [2.45, 2.75) is 0 Å². The second kappa shape index (κ2) is 3.45. The predicted octanol–water partition coefficient (Wildman–Crippen LogP) is 2.64. The van der Waals surface area contributed by atoms with Crippen molar-refractivity contribution in [2.24, 2.45) is 7.05 Å². The molecular formula is C13H11N3. The number of aromatic nitrogens is 3. The predicted molar refractivity (Wildman–Crippen MR) is 63.9 cm³/mol. The molecule has 2 aromatic heterocycles. The zero-order valence-corrected chi connectivity index (χ0v) is 8.96. The summed E-state index contributed by atoms with van der Waals surface area (Å²) in [5, 5.41) is 5.52. The minimum absolute atomic E-state index is 1.03. The molecule has 3 aromatic rings. The SMILES string of the molecule is Cn1cc2cc(-c3ccncc3)ccc2n1. The molecule has 0 saturated heterocycles. The number of pyridine rings is 1. The quantitative estimate of drug-likeness (QED) is 0.616. The van der Waals surface area contributed by atoms with Crippen molar-refractivity contribution < 1.29 is 0 Å². The van der Waals surface area contributed by atoms with E-state index in [-0.39, 0.29) is 0 Å². The van der Waals surface area contributed by atoms with Crippen LogP contribution in [0.2, 0.25) is 0 Å². The minimum atomic E-state index is 1.03. The van der Waals surface area contributed by atoms with Gasteiger partial charge in [0.2, 0.25) is 0 Å². The maximum atomic E-state index is 4.35. The Balaban J connectivity index is 2.18. The maximum absolute atomic E-state index is 4.35. The van der Waals surface area contributed by atoms with Gasteiger partial charge in [-0.1, -0.05) is 6.07 Å². The molecule has 0 saturated carbocycles. The van der Waals surface area contributed by atoms with E-state index >= 15 is 0 Å². The van der Waals surface area contributed by atoms with Gasteiger partial charge in [0.25, 0.3) is 0 Å². The lowest BCUT2D eigenvalue weighted by Crippen LogP contribution is -1.84. The van der Waals surface area contributed by atoms with Crippen molar-refractivity contribution in [1.29, 1.82) is 0 Å². The maximum Gasteiger partial charge on any atom is 0.0923 e. The van der Waals surface area contributed by atoms with Gasteiger partial charge < -0.3 is 0 Å². The molecule has 3 heteroatoms. The Labute approximate surface area is 93.4 Å². The first-order chi connectivity index (χ1) is 7.83. The van der Waals surface area contributed by atoms with Crippen LogP contribution in [0.1, 0.15) is 0 Å². The van der Waals surface area contributed by atoms with Gasteiger partial charge in [0, 0.05) is 31.0 Å². The van der Waals surface area contributed by atoms with Crippen LogP contribution in [0.25, 0.3) is 22.0 Å². The number of rotatable bonds is 1. The van der Waals surface area contributed by atoms with Crippen LogP contribution in [-0.4, -0.2) is 14.8 Å². The summed E-state index contributed by atoms with van der Waals surface area (Å²) in [6.07, 6.45) is 5.64. The summed E-state index contributed by atoms with van der Waals surface area (Å²) in [7, 11) is 1.94. The molecule has 0 unspecified atom stereocenters. The Morgan fingerprint density at radius 3 is 2.62 bits per heavy atom. The number of nitrogens with zero attached hydrogens (tertiary/aromatic N) is 3. The van der Waals surface area contributed by atoms with E-state index in [1.54, 1.807) is 0 Å². The van der Waals surface area contributed by atoms with E-state index in [4.69, 9.17) is 0 Å². The van der Waals surface area contributed by atoms with E-state index in [2.05, 4.69) is 22.2 Å². The van der Waals surface area contributed by atoms with Crippen LogP contribution in [0, 0.1) is 0 Å². The highest BCUT2D eigenvalue weighted by Crippen LogP contribution is 2.22. The van der Waals surface area contributed by atoms with Crippen molar-refractivity contribution in [3.05, 3.63) is 48.9 Å². The van der Waals surface area contributed by atoms with Crippen LogP contribution >= 0.6 is 0 Å². The van der Waals surface area contributed by atoms with Gasteiger partial charge in [-0.15, -0.1) is 0 Å². The Morgan fingerprint density at radius 2 is 1.81 bits per heavy atom. The largest absolute Gasteiger partial charge is 0.275 e. The van der Waals surface area contributed by atoms with E-state index in [1.807, 2.05) is 48.5 Å². The normalized spacial score (nSPS) is 10.8. The van der Waals surface area contributed by atoms with Gasteiger partial charge in [-0.25, -0.2) is 0 Å². The van der Waals surface area contributed by atoms with Gasteiger partial charge in [0.1, 0.15) is 0 Å². The highest BCUT2D eigenvalue weighted by Gasteiger charge is 2.01. The van der Waals surface area contributed by atoms with Crippen LogP contribution in [-0.2, 0) is 7.05 Å². The Hall–Kier alpha value is -2.16. The molecule has 0 radical (unpaired) electrons. The monoisotopic (exact) mass is 209 g/mol. The fourth-order valence-electron chi connectivity index (χ4n) is 1.87. The van der Waals surface area contributed by atoms with Crippen molar-refractivity contribution in [3.63, 3.8) is 0 Å². The molecule has 0 N–H and O–H groups in total. The molecule has 0 amide bonds. The molecule has 0 aliphatic carbocycles. The Kier molecular flexibility index (Phi) is 1.96. The summed E-state index contributed by atoms with van der Waals surface area (Å²) in [6, 6.07) is 10.3. The Bertz CT molecular complexity index is 626. The molecule has 1 aromatic carbocycles. The van der Waals surface area contributed by atoms with E-state index in [0.29, 0.717) is 0 Å². The fraction of sp³-hybridized carbons (Fsp3) is 0.0769. The van der Waals surface area contributed by atoms with Gasteiger partial charge in [-0.3, -0.25) is 9.67 Å². The molecule has 2 heterocycles. The minimum Gasteiger partial charge on any atom is -0.275 e. The summed E-state index contributed by atoms with van der Waals surface area (Å²) in [5.74, 6) is 0. The van der Waals surface area contributed by atoms with Crippen molar-refractivity contribution in [1.82, 2.24) is 14.8 Å². The zero-order valence-electron chi connectivity index (χ0n) is 8.96. The average Bonchev–Trinajstić information content (AvgIpc) is 2.69. The zero-order chi connectivity index (χ0) is 11.0. The average molecular weight is 209 g/mol. The molecule has 0 aliphatic rings. The number of hydrogen-bond donors (Lipinski definition) is 0.